The summed E-state index contributed by atoms with van der Waals surface area (Å²) in [5.74, 6) is 1.85. The second-order valence-electron chi connectivity index (χ2n) is 4.70. The fourth-order valence-corrected chi connectivity index (χ4v) is 1.76. The molecule has 0 aromatic heterocycles. The fraction of sp³-hybridized carbons (Fsp3) is 0.917. The number of amides is 1. The second-order valence-corrected chi connectivity index (χ2v) is 4.70. The quantitative estimate of drug-likeness (QED) is 0.706. The Morgan fingerprint density at radius 3 is 2.13 bits per heavy atom. The molecule has 1 amide bonds. The molecule has 0 atom stereocenters. The van der Waals surface area contributed by atoms with Crippen molar-refractivity contribution in [3.05, 3.63) is 0 Å². The van der Waals surface area contributed by atoms with Gasteiger partial charge in [0.05, 0.1) is 6.61 Å². The van der Waals surface area contributed by atoms with Crippen LogP contribution in [0.25, 0.3) is 0 Å². The number of hydrogen-bond donors (Lipinski definition) is 1. The Morgan fingerprint density at radius 1 is 1.20 bits per heavy atom. The van der Waals surface area contributed by atoms with Crippen LogP contribution in [-0.4, -0.2) is 26.2 Å². The van der Waals surface area contributed by atoms with Gasteiger partial charge in [0.1, 0.15) is 0 Å². The molecule has 0 heterocycles. The van der Waals surface area contributed by atoms with Gasteiger partial charge in [-0.15, -0.1) is 0 Å². The molecule has 0 unspecified atom stereocenters. The van der Waals surface area contributed by atoms with Crippen LogP contribution in [0.2, 0.25) is 0 Å². The van der Waals surface area contributed by atoms with Gasteiger partial charge in [-0.3, -0.25) is 4.79 Å². The van der Waals surface area contributed by atoms with Crippen LogP contribution in [0.1, 0.15) is 34.1 Å². The number of rotatable bonds is 7. The number of ether oxygens (including phenoxy) is 1. The highest BCUT2D eigenvalue weighted by atomic mass is 16.5. The summed E-state index contributed by atoms with van der Waals surface area (Å²) in [6, 6.07) is 0. The van der Waals surface area contributed by atoms with Gasteiger partial charge < -0.3 is 10.1 Å². The minimum Gasteiger partial charge on any atom is -0.384 e. The Morgan fingerprint density at radius 2 is 1.73 bits per heavy atom. The predicted molar refractivity (Wildman–Crippen MR) is 62.7 cm³/mol. The maximum absolute atomic E-state index is 11.4. The summed E-state index contributed by atoms with van der Waals surface area (Å²) in [5, 5.41) is 2.96. The summed E-state index contributed by atoms with van der Waals surface area (Å²) in [4.78, 5) is 11.4. The van der Waals surface area contributed by atoms with E-state index in [1.165, 1.54) is 0 Å². The Hall–Kier alpha value is -0.570. The lowest BCUT2D eigenvalue weighted by atomic mass is 9.85. The minimum absolute atomic E-state index is 0.0863. The molecule has 90 valence electrons. The summed E-state index contributed by atoms with van der Waals surface area (Å²) in [7, 11) is 1.61. The first kappa shape index (κ1) is 14.4. The molecule has 0 saturated heterocycles. The van der Waals surface area contributed by atoms with Gasteiger partial charge in [-0.2, -0.15) is 0 Å². The molecule has 3 heteroatoms. The molecule has 0 rings (SSSR count). The number of nitrogens with one attached hydrogen (secondary N) is 1. The topological polar surface area (TPSA) is 38.3 Å². The lowest BCUT2D eigenvalue weighted by Gasteiger charge is -2.25. The van der Waals surface area contributed by atoms with E-state index in [0.29, 0.717) is 30.8 Å². The minimum atomic E-state index is 0.0863. The summed E-state index contributed by atoms with van der Waals surface area (Å²) in [6.07, 6.45) is 0.458. The first-order chi connectivity index (χ1) is 6.99. The average molecular weight is 215 g/mol. The fourth-order valence-electron chi connectivity index (χ4n) is 1.76. The van der Waals surface area contributed by atoms with E-state index in [4.69, 9.17) is 4.74 Å². The molecule has 0 aliphatic heterocycles. The molecule has 0 aromatic rings. The summed E-state index contributed by atoms with van der Waals surface area (Å²) < 4.78 is 4.85. The Bertz CT molecular complexity index is 170. The number of carbonyl (C=O) groups is 1. The summed E-state index contributed by atoms with van der Waals surface area (Å²) >= 11 is 0. The van der Waals surface area contributed by atoms with Gasteiger partial charge in [0.2, 0.25) is 5.91 Å². The molecule has 0 bridgehead atoms. The van der Waals surface area contributed by atoms with Crippen molar-refractivity contribution in [2.75, 3.05) is 20.3 Å². The third-order valence-corrected chi connectivity index (χ3v) is 2.78. The van der Waals surface area contributed by atoms with Crippen molar-refractivity contribution in [1.82, 2.24) is 5.32 Å². The van der Waals surface area contributed by atoms with Gasteiger partial charge >= 0.3 is 0 Å². The van der Waals surface area contributed by atoms with E-state index in [9.17, 15) is 4.79 Å². The van der Waals surface area contributed by atoms with Crippen LogP contribution in [0.3, 0.4) is 0 Å². The largest absolute Gasteiger partial charge is 0.384 e. The lowest BCUT2D eigenvalue weighted by molar-refractivity contribution is -0.122. The zero-order valence-corrected chi connectivity index (χ0v) is 10.7. The molecular formula is C12H25NO2. The van der Waals surface area contributed by atoms with E-state index in [-0.39, 0.29) is 5.91 Å². The second kappa shape index (κ2) is 7.69. The summed E-state index contributed by atoms with van der Waals surface area (Å²) in [5.41, 5.74) is 0. The van der Waals surface area contributed by atoms with Crippen molar-refractivity contribution in [2.24, 2.45) is 17.8 Å². The molecule has 0 aromatic carbocycles. The van der Waals surface area contributed by atoms with E-state index in [1.807, 2.05) is 0 Å². The van der Waals surface area contributed by atoms with Crippen LogP contribution in [0, 0.1) is 17.8 Å². The van der Waals surface area contributed by atoms with Crippen LogP contribution < -0.4 is 5.32 Å². The third kappa shape index (κ3) is 6.50. The number of methoxy groups -OCH3 is 1. The van der Waals surface area contributed by atoms with Crippen molar-refractivity contribution >= 4 is 5.91 Å². The van der Waals surface area contributed by atoms with Gasteiger partial charge in [-0.25, -0.2) is 0 Å². The zero-order chi connectivity index (χ0) is 11.8. The van der Waals surface area contributed by atoms with E-state index in [2.05, 4.69) is 33.0 Å². The van der Waals surface area contributed by atoms with Crippen molar-refractivity contribution < 1.29 is 9.53 Å². The Balaban J connectivity index is 3.84. The SMILES string of the molecule is COCCC(=O)NCC(C(C)C)C(C)C. The molecular weight excluding hydrogens is 190 g/mol. The number of carbonyl (C=O) groups excluding carboxylic acids is 1. The molecule has 15 heavy (non-hydrogen) atoms. The van der Waals surface area contributed by atoms with Gasteiger partial charge in [-0.05, 0) is 17.8 Å². The maximum Gasteiger partial charge on any atom is 0.222 e. The van der Waals surface area contributed by atoms with E-state index < -0.39 is 0 Å². The zero-order valence-electron chi connectivity index (χ0n) is 10.7. The van der Waals surface area contributed by atoms with Crippen LogP contribution in [-0.2, 0) is 9.53 Å². The molecule has 0 saturated carbocycles. The van der Waals surface area contributed by atoms with Crippen LogP contribution in [0.15, 0.2) is 0 Å². The Labute approximate surface area is 93.6 Å². The lowest BCUT2D eigenvalue weighted by Crippen LogP contribution is -2.34. The van der Waals surface area contributed by atoms with Crippen LogP contribution >= 0.6 is 0 Å². The van der Waals surface area contributed by atoms with Gasteiger partial charge in [0, 0.05) is 20.1 Å². The van der Waals surface area contributed by atoms with Gasteiger partial charge in [-0.1, -0.05) is 27.7 Å². The number of hydrogen-bond acceptors (Lipinski definition) is 2. The van der Waals surface area contributed by atoms with E-state index in [1.54, 1.807) is 7.11 Å². The summed E-state index contributed by atoms with van der Waals surface area (Å²) in [6.45, 7) is 10.1. The van der Waals surface area contributed by atoms with E-state index >= 15 is 0 Å². The molecule has 0 aliphatic rings. The van der Waals surface area contributed by atoms with Crippen LogP contribution in [0.5, 0.6) is 0 Å². The molecule has 0 fully saturated rings. The monoisotopic (exact) mass is 215 g/mol. The molecule has 3 nitrogen and oxygen atoms in total. The van der Waals surface area contributed by atoms with Crippen molar-refractivity contribution in [1.29, 1.82) is 0 Å². The smallest absolute Gasteiger partial charge is 0.222 e. The highest BCUT2D eigenvalue weighted by molar-refractivity contribution is 5.75. The molecule has 0 spiro atoms. The highest BCUT2D eigenvalue weighted by Gasteiger charge is 2.17. The first-order valence-corrected chi connectivity index (χ1v) is 5.74. The third-order valence-electron chi connectivity index (χ3n) is 2.78. The highest BCUT2D eigenvalue weighted by Crippen LogP contribution is 2.19. The van der Waals surface area contributed by atoms with E-state index in [0.717, 1.165) is 6.54 Å². The molecule has 1 N–H and O–H groups in total. The van der Waals surface area contributed by atoms with Gasteiger partial charge in [0.15, 0.2) is 0 Å². The van der Waals surface area contributed by atoms with Crippen LogP contribution in [0.4, 0.5) is 0 Å². The average Bonchev–Trinajstić information content (AvgIpc) is 2.13. The molecule has 0 aliphatic carbocycles. The Kier molecular flexibility index (Phi) is 7.39. The van der Waals surface area contributed by atoms with Crippen molar-refractivity contribution in [3.63, 3.8) is 0 Å². The molecule has 0 radical (unpaired) electrons. The first-order valence-electron chi connectivity index (χ1n) is 5.74. The maximum atomic E-state index is 11.4. The predicted octanol–water partition coefficient (Wildman–Crippen LogP) is 2.07. The van der Waals surface area contributed by atoms with Crippen molar-refractivity contribution in [3.8, 4) is 0 Å². The standard InChI is InChI=1S/C12H25NO2/c1-9(2)11(10(3)4)8-13-12(14)6-7-15-5/h9-11H,6-8H2,1-5H3,(H,13,14). The normalized spacial score (nSPS) is 11.5. The van der Waals surface area contributed by atoms with Gasteiger partial charge in [0.25, 0.3) is 0 Å². The van der Waals surface area contributed by atoms with Crippen molar-refractivity contribution in [2.45, 2.75) is 34.1 Å².